The lowest BCUT2D eigenvalue weighted by atomic mass is 10.0. The molecule has 1 fully saturated rings. The maximum atomic E-state index is 11.0. The second-order valence-electron chi connectivity index (χ2n) is 2.91. The first-order valence-corrected chi connectivity index (χ1v) is 3.91. The molecule has 0 radical (unpaired) electrons. The Hall–Kier alpha value is -0.410. The van der Waals surface area contributed by atoms with Gasteiger partial charge in [-0.05, 0) is 12.3 Å². The van der Waals surface area contributed by atoms with Gasteiger partial charge in [-0.2, -0.15) is 0 Å². The van der Waals surface area contributed by atoms with Crippen LogP contribution in [0.1, 0.15) is 12.8 Å². The highest BCUT2D eigenvalue weighted by Crippen LogP contribution is 2.16. The SMILES string of the molecule is COCC(=O)CC1CCOC1. The van der Waals surface area contributed by atoms with E-state index in [-0.39, 0.29) is 12.4 Å². The number of carbonyl (C=O) groups excluding carboxylic acids is 1. The van der Waals surface area contributed by atoms with Crippen LogP contribution in [0.3, 0.4) is 0 Å². The van der Waals surface area contributed by atoms with Gasteiger partial charge in [0.25, 0.3) is 0 Å². The van der Waals surface area contributed by atoms with Crippen LogP contribution in [-0.4, -0.2) is 32.7 Å². The molecular formula is C8H14O3. The van der Waals surface area contributed by atoms with Gasteiger partial charge in [-0.1, -0.05) is 0 Å². The number of ketones is 1. The topological polar surface area (TPSA) is 35.5 Å². The van der Waals surface area contributed by atoms with Crippen molar-refractivity contribution in [3.8, 4) is 0 Å². The molecule has 3 heteroatoms. The molecule has 0 aliphatic carbocycles. The minimum absolute atomic E-state index is 0.183. The zero-order valence-electron chi connectivity index (χ0n) is 6.84. The molecule has 1 aliphatic heterocycles. The summed E-state index contributed by atoms with van der Waals surface area (Å²) >= 11 is 0. The van der Waals surface area contributed by atoms with Crippen molar-refractivity contribution in [2.24, 2.45) is 5.92 Å². The zero-order valence-corrected chi connectivity index (χ0v) is 6.84. The van der Waals surface area contributed by atoms with E-state index < -0.39 is 0 Å². The van der Waals surface area contributed by atoms with Gasteiger partial charge in [0.1, 0.15) is 6.61 Å². The molecule has 1 heterocycles. The van der Waals surface area contributed by atoms with Gasteiger partial charge in [0, 0.05) is 26.7 Å². The van der Waals surface area contributed by atoms with Crippen molar-refractivity contribution in [1.82, 2.24) is 0 Å². The van der Waals surface area contributed by atoms with Crippen molar-refractivity contribution in [1.29, 1.82) is 0 Å². The molecule has 0 bridgehead atoms. The molecule has 0 amide bonds. The summed E-state index contributed by atoms with van der Waals surface area (Å²) in [6, 6.07) is 0. The lowest BCUT2D eigenvalue weighted by Crippen LogP contribution is -2.12. The molecule has 1 saturated heterocycles. The Bertz CT molecular complexity index is 127. The predicted octanol–water partition coefficient (Wildman–Crippen LogP) is 0.629. The maximum Gasteiger partial charge on any atom is 0.158 e. The van der Waals surface area contributed by atoms with Crippen molar-refractivity contribution in [3.05, 3.63) is 0 Å². The van der Waals surface area contributed by atoms with E-state index in [1.165, 1.54) is 0 Å². The van der Waals surface area contributed by atoms with Crippen molar-refractivity contribution >= 4 is 5.78 Å². The Morgan fingerprint density at radius 1 is 1.73 bits per heavy atom. The summed E-state index contributed by atoms with van der Waals surface area (Å²) < 4.78 is 9.87. The lowest BCUT2D eigenvalue weighted by Gasteiger charge is -2.04. The van der Waals surface area contributed by atoms with Crippen LogP contribution < -0.4 is 0 Å². The van der Waals surface area contributed by atoms with E-state index in [0.717, 1.165) is 19.6 Å². The largest absolute Gasteiger partial charge is 0.381 e. The average Bonchev–Trinajstić information content (AvgIpc) is 2.40. The number of hydrogen-bond donors (Lipinski definition) is 0. The summed E-state index contributed by atoms with van der Waals surface area (Å²) in [5.74, 6) is 0.626. The first kappa shape index (κ1) is 8.68. The summed E-state index contributed by atoms with van der Waals surface area (Å²) in [6.07, 6.45) is 1.64. The van der Waals surface area contributed by atoms with E-state index in [1.54, 1.807) is 7.11 Å². The van der Waals surface area contributed by atoms with E-state index in [0.29, 0.717) is 12.3 Å². The molecule has 1 atom stereocenters. The second-order valence-corrected chi connectivity index (χ2v) is 2.91. The molecule has 0 N–H and O–H groups in total. The first-order chi connectivity index (χ1) is 5.33. The molecule has 1 aliphatic rings. The van der Waals surface area contributed by atoms with Gasteiger partial charge < -0.3 is 9.47 Å². The molecule has 1 rings (SSSR count). The van der Waals surface area contributed by atoms with Crippen LogP contribution in [0.15, 0.2) is 0 Å². The van der Waals surface area contributed by atoms with Crippen LogP contribution >= 0.6 is 0 Å². The van der Waals surface area contributed by atoms with Gasteiger partial charge in [0.2, 0.25) is 0 Å². The van der Waals surface area contributed by atoms with Gasteiger partial charge in [0.15, 0.2) is 5.78 Å². The molecule has 0 aromatic carbocycles. The number of rotatable bonds is 4. The van der Waals surface area contributed by atoms with E-state index in [1.807, 2.05) is 0 Å². The Morgan fingerprint density at radius 2 is 2.55 bits per heavy atom. The van der Waals surface area contributed by atoms with Gasteiger partial charge in [-0.15, -0.1) is 0 Å². The molecule has 11 heavy (non-hydrogen) atoms. The number of ether oxygens (including phenoxy) is 2. The fraction of sp³-hybridized carbons (Fsp3) is 0.875. The van der Waals surface area contributed by atoms with Crippen LogP contribution in [0.25, 0.3) is 0 Å². The van der Waals surface area contributed by atoms with E-state index in [9.17, 15) is 4.79 Å². The van der Waals surface area contributed by atoms with Crippen LogP contribution in [0.2, 0.25) is 0 Å². The molecule has 0 saturated carbocycles. The number of Topliss-reactive ketones (excluding diaryl/α,β-unsaturated/α-hetero) is 1. The minimum Gasteiger partial charge on any atom is -0.381 e. The molecule has 0 aromatic rings. The Kier molecular flexibility index (Phi) is 3.52. The fourth-order valence-corrected chi connectivity index (χ4v) is 1.29. The van der Waals surface area contributed by atoms with E-state index in [4.69, 9.17) is 9.47 Å². The van der Waals surface area contributed by atoms with Crippen LogP contribution in [0, 0.1) is 5.92 Å². The van der Waals surface area contributed by atoms with Crippen LogP contribution in [-0.2, 0) is 14.3 Å². The summed E-state index contributed by atoms with van der Waals surface area (Å²) in [4.78, 5) is 11.0. The van der Waals surface area contributed by atoms with Crippen LogP contribution in [0.4, 0.5) is 0 Å². The summed E-state index contributed by atoms with van der Waals surface area (Å²) in [5.41, 5.74) is 0. The number of hydrogen-bond acceptors (Lipinski definition) is 3. The normalized spacial score (nSPS) is 23.9. The minimum atomic E-state index is 0.183. The third kappa shape index (κ3) is 2.99. The Balaban J connectivity index is 2.13. The van der Waals surface area contributed by atoms with Crippen LogP contribution in [0.5, 0.6) is 0 Å². The van der Waals surface area contributed by atoms with E-state index >= 15 is 0 Å². The van der Waals surface area contributed by atoms with Gasteiger partial charge in [0.05, 0.1) is 0 Å². The number of methoxy groups -OCH3 is 1. The predicted molar refractivity (Wildman–Crippen MR) is 40.4 cm³/mol. The summed E-state index contributed by atoms with van der Waals surface area (Å²) in [5, 5.41) is 0. The molecule has 1 unspecified atom stereocenters. The standard InChI is InChI=1S/C8H14O3/c1-10-6-8(9)4-7-2-3-11-5-7/h7H,2-6H2,1H3. The maximum absolute atomic E-state index is 11.0. The lowest BCUT2D eigenvalue weighted by molar-refractivity contribution is -0.123. The molecule has 0 aromatic heterocycles. The van der Waals surface area contributed by atoms with Crippen molar-refractivity contribution < 1.29 is 14.3 Å². The highest BCUT2D eigenvalue weighted by atomic mass is 16.5. The average molecular weight is 158 g/mol. The van der Waals surface area contributed by atoms with Gasteiger partial charge in [-0.3, -0.25) is 4.79 Å². The summed E-state index contributed by atoms with van der Waals surface area (Å²) in [6.45, 7) is 1.80. The highest BCUT2D eigenvalue weighted by Gasteiger charge is 2.18. The third-order valence-electron chi connectivity index (χ3n) is 1.85. The summed E-state index contributed by atoms with van der Waals surface area (Å²) in [7, 11) is 1.54. The molecule has 64 valence electrons. The Labute approximate surface area is 66.7 Å². The van der Waals surface area contributed by atoms with Gasteiger partial charge >= 0.3 is 0 Å². The van der Waals surface area contributed by atoms with Crippen molar-refractivity contribution in [2.45, 2.75) is 12.8 Å². The zero-order chi connectivity index (χ0) is 8.10. The molecule has 3 nitrogen and oxygen atoms in total. The highest BCUT2D eigenvalue weighted by molar-refractivity contribution is 5.79. The Morgan fingerprint density at radius 3 is 3.09 bits per heavy atom. The number of carbonyl (C=O) groups is 1. The fourth-order valence-electron chi connectivity index (χ4n) is 1.29. The molecule has 0 spiro atoms. The van der Waals surface area contributed by atoms with Gasteiger partial charge in [-0.25, -0.2) is 0 Å². The van der Waals surface area contributed by atoms with E-state index in [2.05, 4.69) is 0 Å². The molecular weight excluding hydrogens is 144 g/mol. The van der Waals surface area contributed by atoms with Crippen molar-refractivity contribution in [2.75, 3.05) is 26.9 Å². The second kappa shape index (κ2) is 4.46. The smallest absolute Gasteiger partial charge is 0.158 e. The first-order valence-electron chi connectivity index (χ1n) is 3.91. The quantitative estimate of drug-likeness (QED) is 0.602. The van der Waals surface area contributed by atoms with Crippen molar-refractivity contribution in [3.63, 3.8) is 0 Å². The monoisotopic (exact) mass is 158 g/mol. The third-order valence-corrected chi connectivity index (χ3v) is 1.85.